The summed E-state index contributed by atoms with van der Waals surface area (Å²) in [5.74, 6) is 0.271. The van der Waals surface area contributed by atoms with E-state index in [4.69, 9.17) is 4.52 Å². The predicted molar refractivity (Wildman–Crippen MR) is 102 cm³/mol. The third-order valence-electron chi connectivity index (χ3n) is 5.23. The molecule has 148 valence electrons. The number of amides is 2. The number of anilines is 3. The van der Waals surface area contributed by atoms with Crippen LogP contribution < -0.4 is 10.2 Å². The van der Waals surface area contributed by atoms with Crippen LogP contribution in [0.4, 0.5) is 17.3 Å². The van der Waals surface area contributed by atoms with Crippen molar-refractivity contribution in [2.45, 2.75) is 13.0 Å². The number of nitrogens with one attached hydrogen (secondary N) is 1. The van der Waals surface area contributed by atoms with Crippen LogP contribution in [-0.2, 0) is 13.0 Å². The third-order valence-corrected chi connectivity index (χ3v) is 5.23. The Balaban J connectivity index is 1.39. The van der Waals surface area contributed by atoms with E-state index >= 15 is 0 Å². The summed E-state index contributed by atoms with van der Waals surface area (Å²) in [5.41, 5.74) is 2.78. The maximum absolute atomic E-state index is 12.3. The predicted octanol–water partition coefficient (Wildman–Crippen LogP) is 1.61. The van der Waals surface area contributed by atoms with Gasteiger partial charge < -0.3 is 24.7 Å². The van der Waals surface area contributed by atoms with E-state index in [9.17, 15) is 14.7 Å². The average Bonchev–Trinajstić information content (AvgIpc) is 3.40. The Hall–Kier alpha value is -3.82. The summed E-state index contributed by atoms with van der Waals surface area (Å²) in [4.78, 5) is 28.3. The summed E-state index contributed by atoms with van der Waals surface area (Å²) in [5, 5.41) is 19.5. The molecule has 10 nitrogen and oxygen atoms in total. The molecule has 2 aromatic heterocycles. The highest BCUT2D eigenvalue weighted by molar-refractivity contribution is 6.02. The van der Waals surface area contributed by atoms with Gasteiger partial charge in [-0.25, -0.2) is 4.68 Å². The highest BCUT2D eigenvalue weighted by Gasteiger charge is 2.27. The Morgan fingerprint density at radius 3 is 2.86 bits per heavy atom. The molecule has 1 aromatic carbocycles. The molecule has 0 fully saturated rings. The molecule has 29 heavy (non-hydrogen) atoms. The van der Waals surface area contributed by atoms with Crippen LogP contribution in [0.2, 0.25) is 0 Å². The van der Waals surface area contributed by atoms with Crippen molar-refractivity contribution in [3.63, 3.8) is 0 Å². The number of hydrogen-bond donors (Lipinski definition) is 2. The minimum absolute atomic E-state index is 0.0488. The number of rotatable bonds is 3. The van der Waals surface area contributed by atoms with Crippen LogP contribution in [0.3, 0.4) is 0 Å². The van der Waals surface area contributed by atoms with Gasteiger partial charge in [-0.2, -0.15) is 5.10 Å². The normalized spacial score (nSPS) is 15.4. The Kier molecular flexibility index (Phi) is 3.79. The van der Waals surface area contributed by atoms with Gasteiger partial charge in [0.15, 0.2) is 5.82 Å². The van der Waals surface area contributed by atoms with E-state index in [0.29, 0.717) is 18.9 Å². The molecule has 0 atom stereocenters. The van der Waals surface area contributed by atoms with Crippen molar-refractivity contribution in [3.8, 4) is 5.88 Å². The van der Waals surface area contributed by atoms with Gasteiger partial charge in [0.05, 0.1) is 12.6 Å². The van der Waals surface area contributed by atoms with Gasteiger partial charge in [-0.3, -0.25) is 9.59 Å². The summed E-state index contributed by atoms with van der Waals surface area (Å²) in [7, 11) is 1.81. The number of aromatic hydroxyl groups is 1. The van der Waals surface area contributed by atoms with Crippen molar-refractivity contribution in [1.29, 1.82) is 0 Å². The fraction of sp³-hybridized carbons (Fsp3) is 0.263. The van der Waals surface area contributed by atoms with Crippen molar-refractivity contribution in [2.75, 3.05) is 30.4 Å². The first-order valence-electron chi connectivity index (χ1n) is 9.20. The molecular weight excluding hydrogens is 376 g/mol. The van der Waals surface area contributed by atoms with Crippen molar-refractivity contribution in [3.05, 3.63) is 47.2 Å². The highest BCUT2D eigenvalue weighted by atomic mass is 16.5. The Morgan fingerprint density at radius 1 is 1.21 bits per heavy atom. The standard InChI is InChI=1S/C19H18N6O4/c1-23-5-4-11-8-12(2-3-13(11)19(23)28)24-6-7-25-17(24)10-15(21-25)20-18(27)14-9-16(26)22-29-14/h2-3,8-10H,4-7H2,1H3,(H,22,26)(H,20,21,27). The molecule has 2 amide bonds. The molecule has 0 saturated heterocycles. The van der Waals surface area contributed by atoms with Gasteiger partial charge >= 0.3 is 0 Å². The number of carbonyl (C=O) groups is 2. The molecular formula is C19H18N6O4. The second-order valence-electron chi connectivity index (χ2n) is 7.08. The molecule has 3 aromatic rings. The fourth-order valence-corrected chi connectivity index (χ4v) is 3.73. The molecule has 0 saturated carbocycles. The van der Waals surface area contributed by atoms with Crippen LogP contribution >= 0.6 is 0 Å². The summed E-state index contributed by atoms with van der Waals surface area (Å²) in [6, 6.07) is 8.78. The monoisotopic (exact) mass is 394 g/mol. The highest BCUT2D eigenvalue weighted by Crippen LogP contribution is 2.34. The van der Waals surface area contributed by atoms with E-state index < -0.39 is 5.91 Å². The minimum atomic E-state index is -0.544. The quantitative estimate of drug-likeness (QED) is 0.693. The lowest BCUT2D eigenvalue weighted by atomic mass is 9.98. The zero-order chi connectivity index (χ0) is 20.1. The molecule has 2 N–H and O–H groups in total. The smallest absolute Gasteiger partial charge is 0.295 e. The first kappa shape index (κ1) is 17.3. The maximum Gasteiger partial charge on any atom is 0.295 e. The molecule has 2 aliphatic rings. The summed E-state index contributed by atoms with van der Waals surface area (Å²) >= 11 is 0. The van der Waals surface area contributed by atoms with Gasteiger partial charge in [0.25, 0.3) is 17.7 Å². The van der Waals surface area contributed by atoms with E-state index in [1.165, 1.54) is 0 Å². The number of benzene rings is 1. The number of nitrogens with zero attached hydrogens (tertiary/aromatic N) is 5. The van der Waals surface area contributed by atoms with E-state index in [1.54, 1.807) is 11.0 Å². The first-order chi connectivity index (χ1) is 14.0. The van der Waals surface area contributed by atoms with Crippen molar-refractivity contribution < 1.29 is 19.2 Å². The number of carbonyl (C=O) groups excluding carboxylic acids is 2. The topological polar surface area (TPSA) is 117 Å². The number of hydrogen-bond acceptors (Lipinski definition) is 7. The second-order valence-corrected chi connectivity index (χ2v) is 7.08. The molecule has 0 spiro atoms. The zero-order valence-electron chi connectivity index (χ0n) is 15.6. The van der Waals surface area contributed by atoms with Crippen molar-refractivity contribution >= 4 is 29.1 Å². The molecule has 0 bridgehead atoms. The lowest BCUT2D eigenvalue weighted by molar-refractivity contribution is 0.0780. The second kappa shape index (κ2) is 6.36. The summed E-state index contributed by atoms with van der Waals surface area (Å²) in [6.07, 6.45) is 0.823. The lowest BCUT2D eigenvalue weighted by Gasteiger charge is -2.26. The Bertz CT molecular complexity index is 1130. The molecule has 10 heteroatoms. The van der Waals surface area contributed by atoms with Crippen LogP contribution in [0.1, 0.15) is 26.5 Å². The molecule has 5 rings (SSSR count). The SMILES string of the molecule is CN1CCc2cc(N3CCn4nc(NC(=O)c5cc(O)no5)cc43)ccc2C1=O. The van der Waals surface area contributed by atoms with E-state index in [2.05, 4.69) is 26.5 Å². The van der Waals surface area contributed by atoms with Crippen LogP contribution in [-0.4, -0.2) is 56.9 Å². The third kappa shape index (κ3) is 2.89. The lowest BCUT2D eigenvalue weighted by Crippen LogP contribution is -2.34. The van der Waals surface area contributed by atoms with Gasteiger partial charge in [0.2, 0.25) is 5.76 Å². The average molecular weight is 394 g/mol. The van der Waals surface area contributed by atoms with Gasteiger partial charge in [-0.1, -0.05) is 0 Å². The molecule has 0 unspecified atom stereocenters. The Labute approximate surface area is 165 Å². The summed E-state index contributed by atoms with van der Waals surface area (Å²) < 4.78 is 6.56. The number of fused-ring (bicyclic) bond motifs is 2. The van der Waals surface area contributed by atoms with Gasteiger partial charge in [-0.15, -0.1) is 0 Å². The van der Waals surface area contributed by atoms with E-state index in [-0.39, 0.29) is 17.5 Å². The van der Waals surface area contributed by atoms with Crippen LogP contribution in [0.5, 0.6) is 5.88 Å². The van der Waals surface area contributed by atoms with Gasteiger partial charge in [0, 0.05) is 37.5 Å². The number of likely N-dealkylation sites (N-methyl/N-ethyl adjacent to an activating group) is 1. The fourth-order valence-electron chi connectivity index (χ4n) is 3.73. The molecule has 4 heterocycles. The van der Waals surface area contributed by atoms with Crippen molar-refractivity contribution in [1.82, 2.24) is 19.8 Å². The van der Waals surface area contributed by atoms with Crippen LogP contribution in [0.25, 0.3) is 0 Å². The minimum Gasteiger partial charge on any atom is -0.491 e. The van der Waals surface area contributed by atoms with Crippen LogP contribution in [0.15, 0.2) is 34.9 Å². The largest absolute Gasteiger partial charge is 0.491 e. The Morgan fingerprint density at radius 2 is 2.07 bits per heavy atom. The van der Waals surface area contributed by atoms with E-state index in [1.807, 2.05) is 23.9 Å². The molecule has 2 aliphatic heterocycles. The molecule has 0 aliphatic carbocycles. The number of aromatic nitrogens is 3. The van der Waals surface area contributed by atoms with Crippen molar-refractivity contribution in [2.24, 2.45) is 0 Å². The van der Waals surface area contributed by atoms with Gasteiger partial charge in [0.1, 0.15) is 5.82 Å². The maximum atomic E-state index is 12.3. The molecule has 0 radical (unpaired) electrons. The van der Waals surface area contributed by atoms with Crippen LogP contribution in [0, 0.1) is 0 Å². The van der Waals surface area contributed by atoms with E-state index in [0.717, 1.165) is 41.7 Å². The zero-order valence-corrected chi connectivity index (χ0v) is 15.6. The first-order valence-corrected chi connectivity index (χ1v) is 9.20. The summed E-state index contributed by atoms with van der Waals surface area (Å²) in [6.45, 7) is 2.13. The van der Waals surface area contributed by atoms with Gasteiger partial charge in [-0.05, 0) is 35.3 Å².